The highest BCUT2D eigenvalue weighted by atomic mass is 35.5. The summed E-state index contributed by atoms with van der Waals surface area (Å²) in [5.41, 5.74) is 1.10. The Kier molecular flexibility index (Phi) is 5.42. The molecule has 4 heteroatoms. The lowest BCUT2D eigenvalue weighted by Crippen LogP contribution is -2.28. The first-order valence-electron chi connectivity index (χ1n) is 5.64. The quantitative estimate of drug-likeness (QED) is 0.807. The number of halogens is 2. The van der Waals surface area contributed by atoms with Crippen LogP contribution in [0.3, 0.4) is 0 Å². The summed E-state index contributed by atoms with van der Waals surface area (Å²) >= 11 is 5.61. The van der Waals surface area contributed by atoms with Gasteiger partial charge < -0.3 is 5.32 Å². The highest BCUT2D eigenvalue weighted by Gasteiger charge is 2.09. The third kappa shape index (κ3) is 4.73. The van der Waals surface area contributed by atoms with E-state index in [9.17, 15) is 9.18 Å². The summed E-state index contributed by atoms with van der Waals surface area (Å²) in [4.78, 5) is 11.7. The first kappa shape index (κ1) is 14.0. The summed E-state index contributed by atoms with van der Waals surface area (Å²) < 4.78 is 13.1. The van der Waals surface area contributed by atoms with E-state index in [-0.39, 0.29) is 11.7 Å². The predicted octanol–water partition coefficient (Wildman–Crippen LogP) is 3.13. The molecule has 0 spiro atoms. The van der Waals surface area contributed by atoms with Gasteiger partial charge in [0.1, 0.15) is 5.82 Å². The maximum atomic E-state index is 13.1. The maximum absolute atomic E-state index is 13.1. The van der Waals surface area contributed by atoms with Crippen LogP contribution in [-0.4, -0.2) is 18.3 Å². The van der Waals surface area contributed by atoms with Crippen LogP contribution in [0.2, 0.25) is 0 Å². The fraction of sp³-hybridized carbons (Fsp3) is 0.462. The zero-order chi connectivity index (χ0) is 12.8. The Morgan fingerprint density at radius 1 is 1.47 bits per heavy atom. The average molecular weight is 258 g/mol. The van der Waals surface area contributed by atoms with Crippen LogP contribution in [-0.2, 0) is 0 Å². The molecule has 1 aromatic rings. The molecule has 0 fully saturated rings. The SMILES string of the molecule is Cc1cc(F)cc(C(=O)NCC(C)CCCl)c1. The predicted molar refractivity (Wildman–Crippen MR) is 68.0 cm³/mol. The van der Waals surface area contributed by atoms with E-state index in [0.29, 0.717) is 23.9 Å². The van der Waals surface area contributed by atoms with E-state index in [4.69, 9.17) is 11.6 Å². The van der Waals surface area contributed by atoms with Gasteiger partial charge in [-0.05, 0) is 43.0 Å². The minimum absolute atomic E-state index is 0.242. The van der Waals surface area contributed by atoms with E-state index >= 15 is 0 Å². The van der Waals surface area contributed by atoms with Crippen molar-refractivity contribution in [1.29, 1.82) is 0 Å². The van der Waals surface area contributed by atoms with Crippen LogP contribution < -0.4 is 5.32 Å². The largest absolute Gasteiger partial charge is 0.352 e. The molecule has 1 atom stereocenters. The highest BCUT2D eigenvalue weighted by molar-refractivity contribution is 6.17. The van der Waals surface area contributed by atoms with Crippen molar-refractivity contribution in [1.82, 2.24) is 5.32 Å². The highest BCUT2D eigenvalue weighted by Crippen LogP contribution is 2.09. The third-order valence-corrected chi connectivity index (χ3v) is 2.74. The lowest BCUT2D eigenvalue weighted by Gasteiger charge is -2.11. The number of nitrogens with one attached hydrogen (secondary N) is 1. The van der Waals surface area contributed by atoms with E-state index in [0.717, 1.165) is 12.0 Å². The fourth-order valence-corrected chi connectivity index (χ4v) is 1.90. The molecule has 0 aromatic heterocycles. The second-order valence-corrected chi connectivity index (χ2v) is 4.69. The van der Waals surface area contributed by atoms with Crippen LogP contribution in [0.5, 0.6) is 0 Å². The smallest absolute Gasteiger partial charge is 0.251 e. The Bertz CT molecular complexity index is 375. The molecule has 94 valence electrons. The van der Waals surface area contributed by atoms with E-state index in [2.05, 4.69) is 5.32 Å². The van der Waals surface area contributed by atoms with Crippen molar-refractivity contribution in [2.75, 3.05) is 12.4 Å². The number of amides is 1. The number of rotatable bonds is 5. The van der Waals surface area contributed by atoms with Gasteiger partial charge in [-0.2, -0.15) is 0 Å². The number of benzene rings is 1. The minimum Gasteiger partial charge on any atom is -0.352 e. The van der Waals surface area contributed by atoms with Crippen molar-refractivity contribution < 1.29 is 9.18 Å². The van der Waals surface area contributed by atoms with Crippen molar-refractivity contribution in [3.05, 3.63) is 35.1 Å². The Labute approximate surface area is 106 Å². The molecular weight excluding hydrogens is 241 g/mol. The molecule has 1 N–H and O–H groups in total. The second-order valence-electron chi connectivity index (χ2n) is 4.31. The van der Waals surface area contributed by atoms with Gasteiger partial charge in [0, 0.05) is 18.0 Å². The average Bonchev–Trinajstić information content (AvgIpc) is 2.25. The molecule has 0 aliphatic carbocycles. The van der Waals surface area contributed by atoms with Crippen LogP contribution in [0, 0.1) is 18.7 Å². The van der Waals surface area contributed by atoms with Gasteiger partial charge in [-0.3, -0.25) is 4.79 Å². The van der Waals surface area contributed by atoms with Crippen LogP contribution in [0.25, 0.3) is 0 Å². The summed E-state index contributed by atoms with van der Waals surface area (Å²) in [5.74, 6) is 0.278. The summed E-state index contributed by atoms with van der Waals surface area (Å²) in [6, 6.07) is 4.31. The fourth-order valence-electron chi connectivity index (χ4n) is 1.52. The van der Waals surface area contributed by atoms with E-state index in [1.807, 2.05) is 6.92 Å². The Balaban J connectivity index is 2.58. The van der Waals surface area contributed by atoms with Crippen LogP contribution in [0.15, 0.2) is 18.2 Å². The van der Waals surface area contributed by atoms with Crippen LogP contribution in [0.1, 0.15) is 29.3 Å². The summed E-state index contributed by atoms with van der Waals surface area (Å²) in [7, 11) is 0. The zero-order valence-corrected chi connectivity index (χ0v) is 10.9. The molecular formula is C13H17ClFNO. The monoisotopic (exact) mass is 257 g/mol. The van der Waals surface area contributed by atoms with E-state index in [1.54, 1.807) is 13.0 Å². The van der Waals surface area contributed by atoms with Crippen LogP contribution in [0.4, 0.5) is 4.39 Å². The Morgan fingerprint density at radius 3 is 2.76 bits per heavy atom. The van der Waals surface area contributed by atoms with Gasteiger partial charge in [0.05, 0.1) is 0 Å². The van der Waals surface area contributed by atoms with Gasteiger partial charge in [0.25, 0.3) is 5.91 Å². The first-order valence-corrected chi connectivity index (χ1v) is 6.17. The third-order valence-electron chi connectivity index (χ3n) is 2.52. The van der Waals surface area contributed by atoms with Crippen molar-refractivity contribution in [2.45, 2.75) is 20.3 Å². The molecule has 0 bridgehead atoms. The maximum Gasteiger partial charge on any atom is 0.251 e. The number of carbonyl (C=O) groups excluding carboxylic acids is 1. The topological polar surface area (TPSA) is 29.1 Å². The molecule has 0 radical (unpaired) electrons. The number of carbonyl (C=O) groups is 1. The van der Waals surface area contributed by atoms with Crippen LogP contribution >= 0.6 is 11.6 Å². The first-order chi connectivity index (χ1) is 8.02. The van der Waals surface area contributed by atoms with Gasteiger partial charge in [-0.15, -0.1) is 11.6 Å². The summed E-state index contributed by atoms with van der Waals surface area (Å²) in [6.45, 7) is 4.33. The van der Waals surface area contributed by atoms with Gasteiger partial charge in [0.2, 0.25) is 0 Å². The van der Waals surface area contributed by atoms with Gasteiger partial charge in [-0.25, -0.2) is 4.39 Å². The lowest BCUT2D eigenvalue weighted by molar-refractivity contribution is 0.0947. The van der Waals surface area contributed by atoms with Gasteiger partial charge >= 0.3 is 0 Å². The summed E-state index contributed by atoms with van der Waals surface area (Å²) in [6.07, 6.45) is 0.851. The molecule has 0 aliphatic rings. The molecule has 0 saturated carbocycles. The minimum atomic E-state index is -0.385. The molecule has 2 nitrogen and oxygen atoms in total. The van der Waals surface area contributed by atoms with Crippen molar-refractivity contribution in [2.24, 2.45) is 5.92 Å². The number of alkyl halides is 1. The standard InChI is InChI=1S/C13H17ClFNO/c1-9(3-4-14)8-16-13(17)11-5-10(2)6-12(15)7-11/h5-7,9H,3-4,8H2,1-2H3,(H,16,17). The molecule has 1 aromatic carbocycles. The molecule has 1 rings (SSSR count). The van der Waals surface area contributed by atoms with Crippen molar-refractivity contribution in [3.63, 3.8) is 0 Å². The molecule has 17 heavy (non-hydrogen) atoms. The second kappa shape index (κ2) is 6.60. The molecule has 1 amide bonds. The molecule has 1 unspecified atom stereocenters. The van der Waals surface area contributed by atoms with E-state index < -0.39 is 0 Å². The summed E-state index contributed by atoms with van der Waals surface area (Å²) in [5, 5.41) is 2.77. The van der Waals surface area contributed by atoms with Crippen molar-refractivity contribution in [3.8, 4) is 0 Å². The lowest BCUT2D eigenvalue weighted by atomic mass is 10.1. The molecule has 0 heterocycles. The number of hydrogen-bond donors (Lipinski definition) is 1. The Hall–Kier alpha value is -1.09. The number of hydrogen-bond acceptors (Lipinski definition) is 1. The Morgan fingerprint density at radius 2 is 2.18 bits per heavy atom. The van der Waals surface area contributed by atoms with Gasteiger partial charge in [0.15, 0.2) is 0 Å². The van der Waals surface area contributed by atoms with Crippen molar-refractivity contribution >= 4 is 17.5 Å². The van der Waals surface area contributed by atoms with E-state index in [1.165, 1.54) is 12.1 Å². The van der Waals surface area contributed by atoms with Gasteiger partial charge in [-0.1, -0.05) is 6.92 Å². The number of aryl methyl sites for hydroxylation is 1. The normalized spacial score (nSPS) is 12.2. The molecule has 0 aliphatic heterocycles. The molecule has 0 saturated heterocycles. The zero-order valence-electron chi connectivity index (χ0n) is 10.1.